The summed E-state index contributed by atoms with van der Waals surface area (Å²) in [5.41, 5.74) is 4.10. The largest absolute Gasteiger partial charge is 0.467 e. The molecular weight excluding hydrogens is 424 g/mol. The lowest BCUT2D eigenvalue weighted by molar-refractivity contribution is 0.00875. The van der Waals surface area contributed by atoms with Crippen molar-refractivity contribution in [3.63, 3.8) is 0 Å². The summed E-state index contributed by atoms with van der Waals surface area (Å²) in [4.78, 5) is 4.83. The molecule has 0 saturated heterocycles. The number of rotatable bonds is 10. The van der Waals surface area contributed by atoms with E-state index in [1.807, 2.05) is 72.9 Å². The first-order valence-electron chi connectivity index (χ1n) is 11.4. The van der Waals surface area contributed by atoms with Gasteiger partial charge >= 0.3 is 0 Å². The van der Waals surface area contributed by atoms with E-state index in [1.54, 1.807) is 6.26 Å². The third-order valence-corrected chi connectivity index (χ3v) is 5.54. The number of aromatic nitrogens is 2. The highest BCUT2D eigenvalue weighted by Crippen LogP contribution is 2.32. The lowest BCUT2D eigenvalue weighted by Crippen LogP contribution is -2.15. The second-order valence-electron chi connectivity index (χ2n) is 7.84. The SMILES string of the molecule is c1ccc(-c2ncc(C(OCCOCc3ccco3)c3ccccc3)n2-c2ccccc2)cc1. The number of imidazole rings is 1. The summed E-state index contributed by atoms with van der Waals surface area (Å²) < 4.78 is 19.7. The Balaban J connectivity index is 1.46. The first kappa shape index (κ1) is 21.9. The molecule has 0 saturated carbocycles. The van der Waals surface area contributed by atoms with Crippen LogP contribution in [0.15, 0.2) is 120 Å². The van der Waals surface area contributed by atoms with Crippen molar-refractivity contribution in [2.24, 2.45) is 0 Å². The lowest BCUT2D eigenvalue weighted by Gasteiger charge is -2.21. The van der Waals surface area contributed by atoms with Gasteiger partial charge in [-0.1, -0.05) is 78.9 Å². The van der Waals surface area contributed by atoms with Crippen molar-refractivity contribution in [2.75, 3.05) is 13.2 Å². The van der Waals surface area contributed by atoms with Gasteiger partial charge in [-0.3, -0.25) is 4.57 Å². The van der Waals surface area contributed by atoms with Crippen molar-refractivity contribution in [1.29, 1.82) is 0 Å². The number of hydrogen-bond acceptors (Lipinski definition) is 4. The fraction of sp³-hybridized carbons (Fsp3) is 0.138. The zero-order valence-electron chi connectivity index (χ0n) is 18.8. The number of furan rings is 1. The number of hydrogen-bond donors (Lipinski definition) is 0. The first-order chi connectivity index (χ1) is 16.9. The van der Waals surface area contributed by atoms with Gasteiger partial charge in [-0.15, -0.1) is 0 Å². The van der Waals surface area contributed by atoms with Gasteiger partial charge in [0.15, 0.2) is 0 Å². The second kappa shape index (κ2) is 10.8. The van der Waals surface area contributed by atoms with Crippen LogP contribution in [-0.2, 0) is 16.1 Å². The van der Waals surface area contributed by atoms with Crippen LogP contribution in [0, 0.1) is 0 Å². The summed E-state index contributed by atoms with van der Waals surface area (Å²) >= 11 is 0. The predicted molar refractivity (Wildman–Crippen MR) is 132 cm³/mol. The summed E-state index contributed by atoms with van der Waals surface area (Å²) in [5.74, 6) is 1.68. The Hall–Kier alpha value is -3.93. The number of nitrogens with zero attached hydrogens (tertiary/aromatic N) is 2. The van der Waals surface area contributed by atoms with Crippen molar-refractivity contribution < 1.29 is 13.9 Å². The second-order valence-corrected chi connectivity index (χ2v) is 7.84. The van der Waals surface area contributed by atoms with Crippen molar-refractivity contribution in [2.45, 2.75) is 12.7 Å². The van der Waals surface area contributed by atoms with E-state index < -0.39 is 0 Å². The number of para-hydroxylation sites is 1. The van der Waals surface area contributed by atoms with Crippen LogP contribution in [0.25, 0.3) is 17.1 Å². The van der Waals surface area contributed by atoms with E-state index in [1.165, 1.54) is 0 Å². The molecule has 5 nitrogen and oxygen atoms in total. The molecule has 0 aliphatic heterocycles. The summed E-state index contributed by atoms with van der Waals surface area (Å²) in [5, 5.41) is 0. The van der Waals surface area contributed by atoms with Crippen LogP contribution in [0.4, 0.5) is 0 Å². The molecule has 0 bridgehead atoms. The van der Waals surface area contributed by atoms with Gasteiger partial charge < -0.3 is 13.9 Å². The zero-order chi connectivity index (χ0) is 23.0. The van der Waals surface area contributed by atoms with Crippen LogP contribution in [-0.4, -0.2) is 22.8 Å². The Kier molecular flexibility index (Phi) is 6.95. The lowest BCUT2D eigenvalue weighted by atomic mass is 10.1. The van der Waals surface area contributed by atoms with E-state index in [0.717, 1.165) is 34.1 Å². The molecule has 3 aromatic carbocycles. The van der Waals surface area contributed by atoms with Gasteiger partial charge in [0.2, 0.25) is 0 Å². The normalized spacial score (nSPS) is 12.0. The minimum atomic E-state index is -0.307. The fourth-order valence-electron chi connectivity index (χ4n) is 3.96. The molecule has 170 valence electrons. The van der Waals surface area contributed by atoms with Crippen molar-refractivity contribution in [1.82, 2.24) is 9.55 Å². The quantitative estimate of drug-likeness (QED) is 0.229. The molecule has 2 heterocycles. The molecule has 1 unspecified atom stereocenters. The van der Waals surface area contributed by atoms with E-state index in [9.17, 15) is 0 Å². The minimum Gasteiger partial charge on any atom is -0.467 e. The third kappa shape index (κ3) is 5.01. The Labute approximate surface area is 199 Å². The Bertz CT molecular complexity index is 1270. The van der Waals surface area contributed by atoms with E-state index in [0.29, 0.717) is 19.8 Å². The minimum absolute atomic E-state index is 0.307. The van der Waals surface area contributed by atoms with Crippen LogP contribution in [0.5, 0.6) is 0 Å². The van der Waals surface area contributed by atoms with Gasteiger partial charge in [0.1, 0.15) is 24.3 Å². The summed E-state index contributed by atoms with van der Waals surface area (Å²) in [6.07, 6.45) is 3.26. The molecule has 0 aliphatic rings. The Morgan fingerprint density at radius 1 is 0.765 bits per heavy atom. The van der Waals surface area contributed by atoms with Crippen LogP contribution in [0.2, 0.25) is 0 Å². The molecule has 5 rings (SSSR count). The molecule has 0 aliphatic carbocycles. The standard InChI is InChI=1S/C29H26N2O3/c1-4-11-23(12-5-1)28(34-20-19-32-22-26-17-10-18-33-26)27-21-30-29(24-13-6-2-7-14-24)31(27)25-15-8-3-9-16-25/h1-18,21,28H,19-20,22H2. The Morgan fingerprint density at radius 2 is 1.47 bits per heavy atom. The summed E-state index contributed by atoms with van der Waals surface area (Å²) in [7, 11) is 0. The van der Waals surface area contributed by atoms with Crippen LogP contribution in [0.1, 0.15) is 23.1 Å². The van der Waals surface area contributed by atoms with Crippen LogP contribution < -0.4 is 0 Å². The first-order valence-corrected chi connectivity index (χ1v) is 11.4. The average molecular weight is 451 g/mol. The molecule has 0 amide bonds. The highest BCUT2D eigenvalue weighted by atomic mass is 16.5. The predicted octanol–water partition coefficient (Wildman–Crippen LogP) is 6.46. The fourth-order valence-corrected chi connectivity index (χ4v) is 3.96. The van der Waals surface area contributed by atoms with Crippen LogP contribution >= 0.6 is 0 Å². The zero-order valence-corrected chi connectivity index (χ0v) is 18.8. The third-order valence-electron chi connectivity index (χ3n) is 5.54. The molecule has 0 fully saturated rings. The highest BCUT2D eigenvalue weighted by Gasteiger charge is 2.23. The molecule has 34 heavy (non-hydrogen) atoms. The van der Waals surface area contributed by atoms with E-state index in [4.69, 9.17) is 18.9 Å². The molecule has 5 heteroatoms. The molecule has 0 radical (unpaired) electrons. The molecule has 0 N–H and O–H groups in total. The van der Waals surface area contributed by atoms with E-state index >= 15 is 0 Å². The number of benzene rings is 3. The molecular formula is C29H26N2O3. The molecule has 0 spiro atoms. The monoisotopic (exact) mass is 450 g/mol. The summed E-state index contributed by atoms with van der Waals surface area (Å²) in [6.45, 7) is 1.31. The summed E-state index contributed by atoms with van der Waals surface area (Å²) in [6, 6.07) is 34.5. The average Bonchev–Trinajstić information content (AvgIpc) is 3.58. The molecule has 1 atom stereocenters. The molecule has 2 aromatic heterocycles. The van der Waals surface area contributed by atoms with Crippen molar-refractivity contribution in [3.8, 4) is 17.1 Å². The Morgan fingerprint density at radius 3 is 2.18 bits per heavy atom. The maximum Gasteiger partial charge on any atom is 0.144 e. The van der Waals surface area contributed by atoms with Gasteiger partial charge in [-0.05, 0) is 29.8 Å². The van der Waals surface area contributed by atoms with Gasteiger partial charge in [0, 0.05) is 11.3 Å². The maximum absolute atomic E-state index is 6.43. The van der Waals surface area contributed by atoms with E-state index in [2.05, 4.69) is 41.0 Å². The van der Waals surface area contributed by atoms with Gasteiger partial charge in [-0.25, -0.2) is 4.98 Å². The van der Waals surface area contributed by atoms with Crippen molar-refractivity contribution >= 4 is 0 Å². The van der Waals surface area contributed by atoms with E-state index in [-0.39, 0.29) is 6.10 Å². The van der Waals surface area contributed by atoms with Crippen LogP contribution in [0.3, 0.4) is 0 Å². The highest BCUT2D eigenvalue weighted by molar-refractivity contribution is 5.60. The smallest absolute Gasteiger partial charge is 0.144 e. The van der Waals surface area contributed by atoms with Crippen molar-refractivity contribution in [3.05, 3.63) is 133 Å². The van der Waals surface area contributed by atoms with Gasteiger partial charge in [0.05, 0.1) is 31.4 Å². The number of ether oxygens (including phenoxy) is 2. The van der Waals surface area contributed by atoms with Gasteiger partial charge in [-0.2, -0.15) is 0 Å². The van der Waals surface area contributed by atoms with Gasteiger partial charge in [0.25, 0.3) is 0 Å². The topological polar surface area (TPSA) is 49.4 Å². The molecule has 5 aromatic rings. The maximum atomic E-state index is 6.43.